The number of piperazine rings is 1. The summed E-state index contributed by atoms with van der Waals surface area (Å²) >= 11 is 0. The fraction of sp³-hybridized carbons (Fsp3) is 0.625. The highest BCUT2D eigenvalue weighted by molar-refractivity contribution is 5.48. The molecule has 1 unspecified atom stereocenters. The lowest BCUT2D eigenvalue weighted by molar-refractivity contribution is 0.189. The molecule has 20 heavy (non-hydrogen) atoms. The Kier molecular flexibility index (Phi) is 5.83. The molecule has 1 atom stereocenters. The van der Waals surface area contributed by atoms with Gasteiger partial charge in [0.05, 0.1) is 6.61 Å². The molecule has 1 aromatic carbocycles. The van der Waals surface area contributed by atoms with Crippen molar-refractivity contribution in [3.8, 4) is 0 Å². The van der Waals surface area contributed by atoms with Gasteiger partial charge in [0.15, 0.2) is 0 Å². The Bertz CT molecular complexity index is 385. The lowest BCUT2D eigenvalue weighted by atomic mass is 10.1. The summed E-state index contributed by atoms with van der Waals surface area (Å²) in [6, 6.07) is 9.32. The van der Waals surface area contributed by atoms with Crippen LogP contribution in [0.15, 0.2) is 24.3 Å². The van der Waals surface area contributed by atoms with E-state index in [0.717, 1.165) is 39.3 Å². The maximum atomic E-state index is 8.97. The Morgan fingerprint density at radius 2 is 1.80 bits per heavy atom. The van der Waals surface area contributed by atoms with Gasteiger partial charge in [0.1, 0.15) is 0 Å². The number of aliphatic hydroxyl groups is 1. The smallest absolute Gasteiger partial charge is 0.0558 e. The van der Waals surface area contributed by atoms with Gasteiger partial charge in [-0.15, -0.1) is 0 Å². The molecule has 112 valence electrons. The van der Waals surface area contributed by atoms with Gasteiger partial charge < -0.3 is 15.3 Å². The summed E-state index contributed by atoms with van der Waals surface area (Å²) in [5.74, 6) is 0. The summed E-state index contributed by atoms with van der Waals surface area (Å²) in [4.78, 5) is 4.74. The Labute approximate surface area is 122 Å². The van der Waals surface area contributed by atoms with Crippen LogP contribution in [0.25, 0.3) is 0 Å². The van der Waals surface area contributed by atoms with E-state index in [1.54, 1.807) is 0 Å². The summed E-state index contributed by atoms with van der Waals surface area (Å²) in [5.41, 5.74) is 2.65. The maximum Gasteiger partial charge on any atom is 0.0558 e. The first-order valence-electron chi connectivity index (χ1n) is 7.66. The van der Waals surface area contributed by atoms with Crippen LogP contribution in [0.1, 0.15) is 25.5 Å². The summed E-state index contributed by atoms with van der Waals surface area (Å²) < 4.78 is 0. The summed E-state index contributed by atoms with van der Waals surface area (Å²) in [5, 5.41) is 12.4. The molecular weight excluding hydrogens is 250 g/mol. The number of nitrogens with one attached hydrogen (secondary N) is 1. The minimum atomic E-state index is 0.261. The van der Waals surface area contributed by atoms with E-state index in [2.05, 4.69) is 53.2 Å². The van der Waals surface area contributed by atoms with Crippen LogP contribution in [0.4, 0.5) is 5.69 Å². The van der Waals surface area contributed by atoms with E-state index in [4.69, 9.17) is 5.11 Å². The topological polar surface area (TPSA) is 38.7 Å². The molecule has 2 rings (SSSR count). The van der Waals surface area contributed by atoms with Crippen molar-refractivity contribution in [3.63, 3.8) is 0 Å². The Morgan fingerprint density at radius 1 is 1.15 bits per heavy atom. The molecule has 0 saturated carbocycles. The Morgan fingerprint density at radius 3 is 2.35 bits per heavy atom. The zero-order valence-electron chi connectivity index (χ0n) is 12.7. The highest BCUT2D eigenvalue weighted by atomic mass is 16.3. The number of benzene rings is 1. The number of hydrogen-bond acceptors (Lipinski definition) is 4. The van der Waals surface area contributed by atoms with Gasteiger partial charge in [0.25, 0.3) is 0 Å². The third-order valence-electron chi connectivity index (χ3n) is 4.06. The summed E-state index contributed by atoms with van der Waals surface area (Å²) in [6.45, 7) is 10.6. The van der Waals surface area contributed by atoms with Crippen molar-refractivity contribution in [3.05, 3.63) is 29.8 Å². The second-order valence-electron chi connectivity index (χ2n) is 5.42. The Balaban J connectivity index is 1.91. The molecule has 1 fully saturated rings. The molecule has 0 radical (unpaired) electrons. The molecule has 0 aromatic heterocycles. The van der Waals surface area contributed by atoms with E-state index in [1.165, 1.54) is 11.3 Å². The molecule has 4 heteroatoms. The van der Waals surface area contributed by atoms with E-state index in [0.29, 0.717) is 6.04 Å². The van der Waals surface area contributed by atoms with Crippen LogP contribution in [0.2, 0.25) is 0 Å². The predicted molar refractivity (Wildman–Crippen MR) is 84.3 cm³/mol. The van der Waals surface area contributed by atoms with Gasteiger partial charge in [0, 0.05) is 44.5 Å². The quantitative estimate of drug-likeness (QED) is 0.826. The van der Waals surface area contributed by atoms with E-state index < -0.39 is 0 Å². The number of anilines is 1. The normalized spacial score (nSPS) is 18.2. The second kappa shape index (κ2) is 7.62. The van der Waals surface area contributed by atoms with Gasteiger partial charge in [-0.25, -0.2) is 0 Å². The fourth-order valence-corrected chi connectivity index (χ4v) is 2.77. The van der Waals surface area contributed by atoms with Gasteiger partial charge in [-0.3, -0.25) is 4.90 Å². The van der Waals surface area contributed by atoms with Crippen LogP contribution >= 0.6 is 0 Å². The van der Waals surface area contributed by atoms with Crippen molar-refractivity contribution in [1.82, 2.24) is 10.2 Å². The molecule has 1 aliphatic rings. The van der Waals surface area contributed by atoms with Crippen molar-refractivity contribution in [2.45, 2.75) is 19.9 Å². The van der Waals surface area contributed by atoms with Gasteiger partial charge in [-0.05, 0) is 31.2 Å². The van der Waals surface area contributed by atoms with Crippen molar-refractivity contribution in [1.29, 1.82) is 0 Å². The molecule has 0 bridgehead atoms. The van der Waals surface area contributed by atoms with E-state index in [1.807, 2.05) is 0 Å². The molecule has 2 N–H and O–H groups in total. The highest BCUT2D eigenvalue weighted by Gasteiger charge is 2.16. The van der Waals surface area contributed by atoms with Crippen LogP contribution in [0.5, 0.6) is 0 Å². The predicted octanol–water partition coefficient (Wildman–Crippen LogP) is 1.47. The molecule has 1 aromatic rings. The lowest BCUT2D eigenvalue weighted by Crippen LogP contribution is -2.47. The Hall–Kier alpha value is -1.10. The maximum absolute atomic E-state index is 8.97. The molecular formula is C16H27N3O. The van der Waals surface area contributed by atoms with Gasteiger partial charge >= 0.3 is 0 Å². The third-order valence-corrected chi connectivity index (χ3v) is 4.06. The molecule has 1 saturated heterocycles. The average Bonchev–Trinajstić information content (AvgIpc) is 2.49. The van der Waals surface area contributed by atoms with Crippen molar-refractivity contribution < 1.29 is 5.11 Å². The van der Waals surface area contributed by atoms with E-state index in [-0.39, 0.29) is 6.61 Å². The second-order valence-corrected chi connectivity index (χ2v) is 5.42. The SMILES string of the molecule is CCNC(C)c1ccc(N2CCN(CCO)CC2)cc1. The van der Waals surface area contributed by atoms with Crippen LogP contribution in [-0.2, 0) is 0 Å². The largest absolute Gasteiger partial charge is 0.395 e. The van der Waals surface area contributed by atoms with E-state index in [9.17, 15) is 0 Å². The molecule has 1 aliphatic heterocycles. The van der Waals surface area contributed by atoms with Crippen LogP contribution in [0, 0.1) is 0 Å². The van der Waals surface area contributed by atoms with Crippen LogP contribution < -0.4 is 10.2 Å². The number of β-amino-alcohol motifs (C(OH)–C–C–N with tert-alkyl or cyclic N) is 1. The molecule has 1 heterocycles. The first-order valence-corrected chi connectivity index (χ1v) is 7.66. The standard InChI is InChI=1S/C16H27N3O/c1-3-17-14(2)15-4-6-16(7-5-15)19-10-8-18(9-11-19)12-13-20/h4-7,14,17,20H,3,8-13H2,1-2H3. The van der Waals surface area contributed by atoms with Gasteiger partial charge in [-0.1, -0.05) is 19.1 Å². The fourth-order valence-electron chi connectivity index (χ4n) is 2.77. The molecule has 4 nitrogen and oxygen atoms in total. The number of hydrogen-bond donors (Lipinski definition) is 2. The highest BCUT2D eigenvalue weighted by Crippen LogP contribution is 2.20. The minimum absolute atomic E-state index is 0.261. The number of rotatable bonds is 6. The van der Waals surface area contributed by atoms with Crippen LogP contribution in [-0.4, -0.2) is 55.9 Å². The first-order chi connectivity index (χ1) is 9.74. The van der Waals surface area contributed by atoms with Crippen molar-refractivity contribution in [2.24, 2.45) is 0 Å². The van der Waals surface area contributed by atoms with Crippen molar-refractivity contribution in [2.75, 3.05) is 50.8 Å². The van der Waals surface area contributed by atoms with Gasteiger partial charge in [0.2, 0.25) is 0 Å². The van der Waals surface area contributed by atoms with E-state index >= 15 is 0 Å². The zero-order valence-corrected chi connectivity index (χ0v) is 12.7. The molecule has 0 aliphatic carbocycles. The third kappa shape index (κ3) is 3.95. The van der Waals surface area contributed by atoms with Crippen LogP contribution in [0.3, 0.4) is 0 Å². The lowest BCUT2D eigenvalue weighted by Gasteiger charge is -2.35. The first kappa shape index (κ1) is 15.3. The number of aliphatic hydroxyl groups excluding tert-OH is 1. The number of nitrogens with zero attached hydrogens (tertiary/aromatic N) is 2. The van der Waals surface area contributed by atoms with Gasteiger partial charge in [-0.2, -0.15) is 0 Å². The summed E-state index contributed by atoms with van der Waals surface area (Å²) in [6.07, 6.45) is 0. The zero-order chi connectivity index (χ0) is 14.4. The molecule has 0 spiro atoms. The minimum Gasteiger partial charge on any atom is -0.395 e. The van der Waals surface area contributed by atoms with Crippen molar-refractivity contribution >= 4 is 5.69 Å². The summed E-state index contributed by atoms with van der Waals surface area (Å²) in [7, 11) is 0. The monoisotopic (exact) mass is 277 g/mol. The average molecular weight is 277 g/mol. The molecule has 0 amide bonds.